The third-order valence-corrected chi connectivity index (χ3v) is 6.82. The summed E-state index contributed by atoms with van der Waals surface area (Å²) in [5.74, 6) is -2.77. The van der Waals surface area contributed by atoms with Crippen LogP contribution >= 0.6 is 0 Å². The van der Waals surface area contributed by atoms with E-state index in [0.717, 1.165) is 35.3 Å². The van der Waals surface area contributed by atoms with E-state index in [-0.39, 0.29) is 32.2 Å². The van der Waals surface area contributed by atoms with Crippen molar-refractivity contribution in [1.82, 2.24) is 19.8 Å². The molecule has 11 heteroatoms. The summed E-state index contributed by atoms with van der Waals surface area (Å²) < 4.78 is 53.9. The molecule has 2 fully saturated rings. The fraction of sp³-hybridized carbons (Fsp3) is 0.529. The van der Waals surface area contributed by atoms with Crippen LogP contribution in [0, 0.1) is 11.6 Å². The van der Waals surface area contributed by atoms with E-state index in [9.17, 15) is 26.8 Å². The Hall–Kier alpha value is -2.11. The van der Waals surface area contributed by atoms with Crippen LogP contribution in [-0.4, -0.2) is 67.8 Å². The predicted octanol–water partition coefficient (Wildman–Crippen LogP) is 0.648. The zero-order chi connectivity index (χ0) is 20.5. The number of nitrogens with zero attached hydrogens (tertiary/aromatic N) is 2. The van der Waals surface area contributed by atoms with Gasteiger partial charge in [0, 0.05) is 32.2 Å². The zero-order valence-electron chi connectivity index (χ0n) is 15.3. The zero-order valence-corrected chi connectivity index (χ0v) is 16.1. The molecule has 1 aliphatic heterocycles. The number of imide groups is 1. The minimum Gasteiger partial charge on any atom is -0.335 e. The normalized spacial score (nSPS) is 19.8. The summed E-state index contributed by atoms with van der Waals surface area (Å²) in [6, 6.07) is 1.81. The molecule has 0 aromatic heterocycles. The van der Waals surface area contributed by atoms with E-state index in [2.05, 4.69) is 10.6 Å². The van der Waals surface area contributed by atoms with Gasteiger partial charge in [-0.1, -0.05) is 6.07 Å². The minimum absolute atomic E-state index is 0.0258. The molecule has 3 rings (SSSR count). The number of benzene rings is 1. The molecule has 2 aliphatic rings. The van der Waals surface area contributed by atoms with Gasteiger partial charge in [0.05, 0.1) is 6.04 Å². The maximum Gasteiger partial charge on any atom is 0.321 e. The summed E-state index contributed by atoms with van der Waals surface area (Å²) >= 11 is 0. The van der Waals surface area contributed by atoms with Crippen molar-refractivity contribution >= 4 is 22.0 Å². The Morgan fingerprint density at radius 1 is 1.11 bits per heavy atom. The van der Waals surface area contributed by atoms with Crippen LogP contribution in [-0.2, 0) is 14.8 Å². The largest absolute Gasteiger partial charge is 0.335 e. The van der Waals surface area contributed by atoms with E-state index in [1.54, 1.807) is 11.8 Å². The van der Waals surface area contributed by atoms with Crippen LogP contribution in [0.4, 0.5) is 13.6 Å². The maximum absolute atomic E-state index is 13.9. The number of halogens is 2. The minimum atomic E-state index is -4.33. The van der Waals surface area contributed by atoms with Gasteiger partial charge in [0.2, 0.25) is 15.9 Å². The second-order valence-electron chi connectivity index (χ2n) is 6.90. The van der Waals surface area contributed by atoms with Crippen LogP contribution in [0.2, 0.25) is 0 Å². The molecule has 154 valence electrons. The molecule has 0 spiro atoms. The van der Waals surface area contributed by atoms with Gasteiger partial charge in [0.15, 0.2) is 4.90 Å². The first-order valence-corrected chi connectivity index (χ1v) is 10.4. The number of hydrogen-bond acceptors (Lipinski definition) is 5. The Morgan fingerprint density at radius 3 is 2.21 bits per heavy atom. The lowest BCUT2D eigenvalue weighted by Crippen LogP contribution is -2.56. The first-order chi connectivity index (χ1) is 13.2. The van der Waals surface area contributed by atoms with Crippen LogP contribution in [0.5, 0.6) is 0 Å². The summed E-state index contributed by atoms with van der Waals surface area (Å²) in [6.45, 7) is 1.94. The van der Waals surface area contributed by atoms with E-state index in [0.29, 0.717) is 0 Å². The number of rotatable bonds is 5. The number of urea groups is 1. The lowest BCUT2D eigenvalue weighted by molar-refractivity contribution is -0.125. The lowest BCUT2D eigenvalue weighted by Gasteiger charge is -2.36. The Kier molecular flexibility index (Phi) is 5.96. The average Bonchev–Trinajstić information content (AvgIpc) is 3.44. The van der Waals surface area contributed by atoms with Crippen molar-refractivity contribution in [3.05, 3.63) is 29.8 Å². The monoisotopic (exact) mass is 416 g/mol. The summed E-state index contributed by atoms with van der Waals surface area (Å²) in [4.78, 5) is 24.6. The fourth-order valence-corrected chi connectivity index (χ4v) is 4.55. The van der Waals surface area contributed by atoms with Gasteiger partial charge < -0.3 is 5.32 Å². The molecule has 1 saturated heterocycles. The number of amides is 3. The highest BCUT2D eigenvalue weighted by atomic mass is 32.2. The van der Waals surface area contributed by atoms with Crippen molar-refractivity contribution in [2.24, 2.45) is 0 Å². The topological polar surface area (TPSA) is 98.8 Å². The second-order valence-corrected chi connectivity index (χ2v) is 8.78. The molecule has 1 atom stereocenters. The molecule has 0 bridgehead atoms. The molecule has 8 nitrogen and oxygen atoms in total. The van der Waals surface area contributed by atoms with E-state index in [1.807, 2.05) is 0 Å². The predicted molar refractivity (Wildman–Crippen MR) is 95.8 cm³/mol. The molecule has 1 aromatic carbocycles. The van der Waals surface area contributed by atoms with E-state index >= 15 is 0 Å². The molecule has 1 unspecified atom stereocenters. The average molecular weight is 416 g/mol. The van der Waals surface area contributed by atoms with Crippen molar-refractivity contribution in [1.29, 1.82) is 0 Å². The standard InChI is InChI=1S/C17H22F2N4O4S/c1-11(16(24)21-17(25)20-12-5-6-12)22-7-9-23(10-8-22)28(26,27)15-13(18)3-2-4-14(15)19/h2-4,11-12H,5-10H2,1H3,(H2,20,21,24,25). The molecule has 1 saturated carbocycles. The third kappa shape index (κ3) is 4.47. The molecule has 2 N–H and O–H groups in total. The number of carbonyl (C=O) groups excluding carboxylic acids is 2. The number of nitrogens with one attached hydrogen (secondary N) is 2. The molecule has 28 heavy (non-hydrogen) atoms. The van der Waals surface area contributed by atoms with Crippen LogP contribution in [0.25, 0.3) is 0 Å². The number of sulfonamides is 1. The molecular formula is C17H22F2N4O4S. The highest BCUT2D eigenvalue weighted by Crippen LogP contribution is 2.24. The maximum atomic E-state index is 13.9. The van der Waals surface area contributed by atoms with Crippen LogP contribution in [0.3, 0.4) is 0 Å². The smallest absolute Gasteiger partial charge is 0.321 e. The number of carbonyl (C=O) groups is 2. The van der Waals surface area contributed by atoms with Gasteiger partial charge in [-0.25, -0.2) is 22.0 Å². The lowest BCUT2D eigenvalue weighted by atomic mass is 10.2. The molecule has 1 heterocycles. The molecule has 0 radical (unpaired) electrons. The van der Waals surface area contributed by atoms with Crippen molar-refractivity contribution in [3.8, 4) is 0 Å². The Bertz CT molecular complexity index is 848. The summed E-state index contributed by atoms with van der Waals surface area (Å²) in [7, 11) is -4.33. The van der Waals surface area contributed by atoms with Gasteiger partial charge >= 0.3 is 6.03 Å². The van der Waals surface area contributed by atoms with Crippen molar-refractivity contribution < 1.29 is 26.8 Å². The van der Waals surface area contributed by atoms with Crippen molar-refractivity contribution in [2.45, 2.75) is 36.7 Å². The van der Waals surface area contributed by atoms with E-state index < -0.39 is 44.5 Å². The highest BCUT2D eigenvalue weighted by Gasteiger charge is 2.35. The van der Waals surface area contributed by atoms with E-state index in [1.165, 1.54) is 0 Å². The summed E-state index contributed by atoms with van der Waals surface area (Å²) in [5, 5.41) is 4.92. The van der Waals surface area contributed by atoms with E-state index in [4.69, 9.17) is 0 Å². The molecule has 3 amide bonds. The summed E-state index contributed by atoms with van der Waals surface area (Å²) in [6.07, 6.45) is 1.80. The number of hydrogen-bond donors (Lipinski definition) is 2. The van der Waals surface area contributed by atoms with Crippen LogP contribution in [0.15, 0.2) is 23.1 Å². The first-order valence-electron chi connectivity index (χ1n) is 8.99. The molecule has 1 aliphatic carbocycles. The first kappa shape index (κ1) is 20.6. The van der Waals surface area contributed by atoms with Gasteiger partial charge in [-0.2, -0.15) is 4.31 Å². The Morgan fingerprint density at radius 2 is 1.68 bits per heavy atom. The molecule has 1 aromatic rings. The van der Waals surface area contributed by atoms with Gasteiger partial charge in [0.1, 0.15) is 11.6 Å². The third-order valence-electron chi connectivity index (χ3n) is 4.87. The number of piperazine rings is 1. The fourth-order valence-electron chi connectivity index (χ4n) is 3.02. The SMILES string of the molecule is CC(C(=O)NC(=O)NC1CC1)N1CCN(S(=O)(=O)c2c(F)cccc2F)CC1. The van der Waals surface area contributed by atoms with Crippen molar-refractivity contribution in [2.75, 3.05) is 26.2 Å². The van der Waals surface area contributed by atoms with Crippen molar-refractivity contribution in [3.63, 3.8) is 0 Å². The van der Waals surface area contributed by atoms with Gasteiger partial charge in [-0.15, -0.1) is 0 Å². The Labute approximate surface area is 161 Å². The van der Waals surface area contributed by atoms with Crippen LogP contribution < -0.4 is 10.6 Å². The Balaban J connectivity index is 1.59. The highest BCUT2D eigenvalue weighted by molar-refractivity contribution is 7.89. The second kappa shape index (κ2) is 8.10. The van der Waals surface area contributed by atoms with Gasteiger partial charge in [-0.05, 0) is 31.9 Å². The molecular weight excluding hydrogens is 394 g/mol. The van der Waals surface area contributed by atoms with Gasteiger partial charge in [-0.3, -0.25) is 15.0 Å². The summed E-state index contributed by atoms with van der Waals surface area (Å²) in [5.41, 5.74) is 0. The quantitative estimate of drug-likeness (QED) is 0.734. The van der Waals surface area contributed by atoms with Crippen LogP contribution in [0.1, 0.15) is 19.8 Å². The van der Waals surface area contributed by atoms with Gasteiger partial charge in [0.25, 0.3) is 0 Å².